The topological polar surface area (TPSA) is 62.2 Å². The molecule has 0 aromatic heterocycles. The fraction of sp³-hybridized carbons (Fsp3) is 0.800. The zero-order chi connectivity index (χ0) is 25.0. The highest BCUT2D eigenvalue weighted by Gasteiger charge is 2.74. The number of ether oxygens (including phenoxy) is 2. The Bertz CT molecular complexity index is 1010. The highest BCUT2D eigenvalue weighted by Crippen LogP contribution is 2.69. The fourth-order valence-electron chi connectivity index (χ4n) is 8.85. The molecule has 1 saturated heterocycles. The molecule has 3 fully saturated rings. The van der Waals surface area contributed by atoms with Crippen molar-refractivity contribution < 1.29 is 19.7 Å². The highest BCUT2D eigenvalue weighted by atomic mass is 16.6. The van der Waals surface area contributed by atoms with E-state index in [1.807, 2.05) is 20.1 Å². The molecule has 7 atom stereocenters. The number of piperidine rings is 1. The van der Waals surface area contributed by atoms with E-state index in [2.05, 4.69) is 38.7 Å². The maximum Gasteiger partial charge on any atom is 0.165 e. The molecule has 5 heteroatoms. The third-order valence-corrected chi connectivity index (χ3v) is 11.2. The Hall–Kier alpha value is -1.30. The van der Waals surface area contributed by atoms with E-state index < -0.39 is 11.2 Å². The third-order valence-electron chi connectivity index (χ3n) is 11.2. The molecule has 2 N–H and O–H groups in total. The van der Waals surface area contributed by atoms with Crippen molar-refractivity contribution in [2.75, 3.05) is 20.2 Å². The van der Waals surface area contributed by atoms with Crippen molar-refractivity contribution in [3.63, 3.8) is 0 Å². The maximum absolute atomic E-state index is 12.3. The van der Waals surface area contributed by atoms with Gasteiger partial charge in [0.15, 0.2) is 11.5 Å². The van der Waals surface area contributed by atoms with Crippen molar-refractivity contribution in [2.24, 2.45) is 23.2 Å². The van der Waals surface area contributed by atoms with Crippen molar-refractivity contribution in [1.29, 1.82) is 0 Å². The predicted octanol–water partition coefficient (Wildman–Crippen LogP) is 5.05. The van der Waals surface area contributed by atoms with Crippen LogP contribution in [0.4, 0.5) is 0 Å². The number of phenolic OH excluding ortho intramolecular Hbond substituents is 1. The van der Waals surface area contributed by atoms with Gasteiger partial charge in [-0.3, -0.25) is 4.90 Å². The Labute approximate surface area is 211 Å². The second kappa shape index (κ2) is 7.61. The van der Waals surface area contributed by atoms with Gasteiger partial charge in [-0.1, -0.05) is 40.2 Å². The van der Waals surface area contributed by atoms with Crippen molar-refractivity contribution in [3.8, 4) is 11.5 Å². The molecule has 2 aliphatic heterocycles. The molecule has 0 radical (unpaired) electrons. The van der Waals surface area contributed by atoms with Gasteiger partial charge in [0, 0.05) is 36.6 Å². The number of likely N-dealkylation sites (tertiary alicyclic amines) is 1. The molecule has 5 aliphatic rings. The van der Waals surface area contributed by atoms with Crippen LogP contribution in [0.15, 0.2) is 12.1 Å². The molecule has 1 unspecified atom stereocenters. The first-order valence-corrected chi connectivity index (χ1v) is 14.0. The van der Waals surface area contributed by atoms with Gasteiger partial charge < -0.3 is 19.7 Å². The molecule has 3 aliphatic carbocycles. The van der Waals surface area contributed by atoms with E-state index in [0.29, 0.717) is 17.7 Å². The van der Waals surface area contributed by atoms with Gasteiger partial charge in [0.1, 0.15) is 11.7 Å². The average molecular weight is 484 g/mol. The summed E-state index contributed by atoms with van der Waals surface area (Å²) in [6.45, 7) is 13.0. The van der Waals surface area contributed by atoms with Crippen molar-refractivity contribution in [2.45, 2.75) is 108 Å². The smallest absolute Gasteiger partial charge is 0.165 e. The van der Waals surface area contributed by atoms with Gasteiger partial charge in [0.05, 0.1) is 5.60 Å². The SMILES string of the molecule is CCC[C@]1(OC)[C@@H]([C@](C)(O)C(C)(C)C)CC2[C@H]3Cc4ccc(O)c5c4[C@@]2(CCN3CC2CC2)[C@H]1O5. The lowest BCUT2D eigenvalue weighted by atomic mass is 9.43. The first-order valence-electron chi connectivity index (χ1n) is 14.0. The monoisotopic (exact) mass is 483 g/mol. The van der Waals surface area contributed by atoms with Crippen LogP contribution in [0.1, 0.15) is 84.3 Å². The molecule has 0 amide bonds. The molecule has 1 aromatic rings. The molecule has 1 aromatic carbocycles. The van der Waals surface area contributed by atoms with E-state index in [1.165, 1.54) is 30.5 Å². The minimum atomic E-state index is -0.935. The summed E-state index contributed by atoms with van der Waals surface area (Å²) in [5.41, 5.74) is 0.588. The first-order chi connectivity index (χ1) is 16.5. The lowest BCUT2D eigenvalue weighted by molar-refractivity contribution is -0.259. The summed E-state index contributed by atoms with van der Waals surface area (Å²) in [5.74, 6) is 2.12. The molecular weight excluding hydrogens is 438 g/mol. The maximum atomic E-state index is 12.3. The van der Waals surface area contributed by atoms with Crippen LogP contribution in [-0.4, -0.2) is 58.7 Å². The molecule has 5 nitrogen and oxygen atoms in total. The Morgan fingerprint density at radius 1 is 1.20 bits per heavy atom. The molecule has 2 bridgehead atoms. The third kappa shape index (κ3) is 3.04. The number of hydrogen-bond acceptors (Lipinski definition) is 5. The normalized spacial score (nSPS) is 39.6. The fourth-order valence-corrected chi connectivity index (χ4v) is 8.85. The summed E-state index contributed by atoms with van der Waals surface area (Å²) < 4.78 is 13.5. The Morgan fingerprint density at radius 2 is 1.94 bits per heavy atom. The average Bonchev–Trinajstić information content (AvgIpc) is 3.54. The summed E-state index contributed by atoms with van der Waals surface area (Å²) in [4.78, 5) is 2.78. The van der Waals surface area contributed by atoms with Crippen LogP contribution in [0, 0.1) is 23.2 Å². The van der Waals surface area contributed by atoms with E-state index in [1.54, 1.807) is 0 Å². The second-order valence-corrected chi connectivity index (χ2v) is 13.6. The van der Waals surface area contributed by atoms with Gasteiger partial charge in [0.2, 0.25) is 0 Å². The Balaban J connectivity index is 1.56. The Morgan fingerprint density at radius 3 is 2.57 bits per heavy atom. The van der Waals surface area contributed by atoms with Crippen molar-refractivity contribution in [3.05, 3.63) is 23.3 Å². The molecular formula is C30H45NO4. The molecule has 2 saturated carbocycles. The minimum Gasteiger partial charge on any atom is -0.504 e. The zero-order valence-electron chi connectivity index (χ0n) is 22.6. The largest absolute Gasteiger partial charge is 0.504 e. The van der Waals surface area contributed by atoms with E-state index in [4.69, 9.17) is 9.47 Å². The zero-order valence-corrected chi connectivity index (χ0v) is 22.6. The van der Waals surface area contributed by atoms with Crippen LogP contribution < -0.4 is 4.74 Å². The summed E-state index contributed by atoms with van der Waals surface area (Å²) in [7, 11) is 1.83. The number of benzene rings is 1. The van der Waals surface area contributed by atoms with Crippen LogP contribution in [0.5, 0.6) is 11.5 Å². The number of rotatable bonds is 6. The number of phenols is 1. The molecule has 6 rings (SSSR count). The number of aromatic hydroxyl groups is 1. The molecule has 194 valence electrons. The first kappa shape index (κ1) is 24.1. The van der Waals surface area contributed by atoms with Crippen molar-refractivity contribution in [1.82, 2.24) is 4.90 Å². The number of nitrogens with zero attached hydrogens (tertiary/aromatic N) is 1. The van der Waals surface area contributed by atoms with Crippen molar-refractivity contribution >= 4 is 0 Å². The van der Waals surface area contributed by atoms with E-state index >= 15 is 0 Å². The van der Waals surface area contributed by atoms with Crippen LogP contribution in [0.3, 0.4) is 0 Å². The summed E-state index contributed by atoms with van der Waals surface area (Å²) in [6, 6.07) is 4.44. The molecule has 1 spiro atoms. The van der Waals surface area contributed by atoms with E-state index in [9.17, 15) is 10.2 Å². The van der Waals surface area contributed by atoms with E-state index in [-0.39, 0.29) is 28.6 Å². The van der Waals surface area contributed by atoms with Gasteiger partial charge in [0.25, 0.3) is 0 Å². The molecule has 35 heavy (non-hydrogen) atoms. The quantitative estimate of drug-likeness (QED) is 0.593. The number of hydrogen-bond donors (Lipinski definition) is 2. The van der Waals surface area contributed by atoms with E-state index in [0.717, 1.165) is 44.6 Å². The minimum absolute atomic E-state index is 0.0653. The van der Waals surface area contributed by atoms with Gasteiger partial charge >= 0.3 is 0 Å². The standard InChI is InChI=1S/C30H45NO4/c1-7-12-30(34-6)23(28(5,33)27(2,3)4)16-20-21-15-19-10-11-22(32)25-24(19)29(20,26(30)35-25)13-14-31(21)17-18-8-9-18/h10-11,18,20-21,23,26,32-33H,7-9,12-17H2,1-6H3/t20?,21-,23-,26-,28+,29+,30+/m1/s1. The lowest BCUT2D eigenvalue weighted by Gasteiger charge is -2.66. The Kier molecular flexibility index (Phi) is 5.23. The van der Waals surface area contributed by atoms with Crippen LogP contribution >= 0.6 is 0 Å². The predicted molar refractivity (Wildman–Crippen MR) is 137 cm³/mol. The summed E-state index contributed by atoms with van der Waals surface area (Å²) in [6.07, 6.45) is 7.29. The van der Waals surface area contributed by atoms with Crippen LogP contribution in [0.25, 0.3) is 0 Å². The van der Waals surface area contributed by atoms with Gasteiger partial charge in [-0.25, -0.2) is 0 Å². The number of methoxy groups -OCH3 is 1. The van der Waals surface area contributed by atoms with Gasteiger partial charge in [-0.15, -0.1) is 0 Å². The molecule has 2 heterocycles. The summed E-state index contributed by atoms with van der Waals surface area (Å²) >= 11 is 0. The number of aliphatic hydroxyl groups is 1. The van der Waals surface area contributed by atoms with Crippen LogP contribution in [-0.2, 0) is 16.6 Å². The van der Waals surface area contributed by atoms with Gasteiger partial charge in [-0.2, -0.15) is 0 Å². The summed E-state index contributed by atoms with van der Waals surface area (Å²) in [5, 5.41) is 23.3. The second-order valence-electron chi connectivity index (χ2n) is 13.6. The van der Waals surface area contributed by atoms with Crippen LogP contribution in [0.2, 0.25) is 0 Å². The lowest BCUT2D eigenvalue weighted by Crippen LogP contribution is -2.76. The highest BCUT2D eigenvalue weighted by molar-refractivity contribution is 5.61. The van der Waals surface area contributed by atoms with Gasteiger partial charge in [-0.05, 0) is 80.9 Å².